The smallest absolute Gasteiger partial charge is 0.223 e. The molecule has 98 valence electrons. The fraction of sp³-hybridized carbons (Fsp3) is 0.0909. The van der Waals surface area contributed by atoms with Crippen molar-refractivity contribution in [3.63, 3.8) is 0 Å². The van der Waals surface area contributed by atoms with Gasteiger partial charge in [-0.15, -0.1) is 10.2 Å². The molecular formula is C11H10Cl2N6. The van der Waals surface area contributed by atoms with Gasteiger partial charge in [-0.05, 0) is 12.1 Å². The molecule has 0 fully saturated rings. The van der Waals surface area contributed by atoms with Crippen LogP contribution in [0.2, 0.25) is 10.2 Å². The first-order chi connectivity index (χ1) is 9.11. The van der Waals surface area contributed by atoms with E-state index < -0.39 is 0 Å². The summed E-state index contributed by atoms with van der Waals surface area (Å²) in [7, 11) is 1.67. The van der Waals surface area contributed by atoms with Crippen LogP contribution in [-0.4, -0.2) is 17.0 Å². The van der Waals surface area contributed by atoms with Gasteiger partial charge in [0.25, 0.3) is 0 Å². The Morgan fingerprint density at radius 1 is 1.16 bits per heavy atom. The Kier molecular flexibility index (Phi) is 4.13. The minimum atomic E-state index is 0.0612. The molecule has 0 bridgehead atoms. The molecule has 0 aliphatic rings. The van der Waals surface area contributed by atoms with Crippen LogP contribution in [-0.2, 0) is 0 Å². The van der Waals surface area contributed by atoms with Gasteiger partial charge >= 0.3 is 0 Å². The highest BCUT2D eigenvalue weighted by atomic mass is 35.5. The number of nitrogens with zero attached hydrogens (tertiary/aromatic N) is 4. The number of benzene rings is 1. The van der Waals surface area contributed by atoms with Crippen LogP contribution >= 0.6 is 23.2 Å². The van der Waals surface area contributed by atoms with Crippen LogP contribution in [0, 0.1) is 0 Å². The Morgan fingerprint density at radius 3 is 2.58 bits per heavy atom. The zero-order valence-electron chi connectivity index (χ0n) is 9.93. The van der Waals surface area contributed by atoms with Crippen molar-refractivity contribution in [2.45, 2.75) is 0 Å². The van der Waals surface area contributed by atoms with Crippen molar-refractivity contribution in [1.29, 1.82) is 0 Å². The highest BCUT2D eigenvalue weighted by Crippen LogP contribution is 2.33. The third-order valence-electron chi connectivity index (χ3n) is 2.21. The Bertz CT molecular complexity index is 629. The van der Waals surface area contributed by atoms with Gasteiger partial charge in [0.1, 0.15) is 5.69 Å². The maximum atomic E-state index is 5.98. The van der Waals surface area contributed by atoms with Crippen molar-refractivity contribution in [3.05, 3.63) is 34.4 Å². The first kappa shape index (κ1) is 13.5. The Labute approximate surface area is 119 Å². The minimum absolute atomic E-state index is 0.0612. The highest BCUT2D eigenvalue weighted by molar-refractivity contribution is 6.33. The number of halogens is 2. The van der Waals surface area contributed by atoms with E-state index in [9.17, 15) is 0 Å². The molecular weight excluding hydrogens is 287 g/mol. The van der Waals surface area contributed by atoms with Crippen LogP contribution in [0.25, 0.3) is 0 Å². The summed E-state index contributed by atoms with van der Waals surface area (Å²) in [6, 6.07) is 7.06. The molecule has 19 heavy (non-hydrogen) atoms. The van der Waals surface area contributed by atoms with Gasteiger partial charge in [0.15, 0.2) is 16.7 Å². The molecule has 0 amide bonds. The lowest BCUT2D eigenvalue weighted by molar-refractivity contribution is 1.13. The molecule has 2 aromatic rings. The average Bonchev–Trinajstić information content (AvgIpc) is 2.38. The lowest BCUT2D eigenvalue weighted by atomic mass is 10.3. The molecule has 2 rings (SSSR count). The van der Waals surface area contributed by atoms with Gasteiger partial charge in [-0.25, -0.2) is 0 Å². The normalized spacial score (nSPS) is 10.9. The lowest BCUT2D eigenvalue weighted by Crippen LogP contribution is -2.00. The van der Waals surface area contributed by atoms with Crippen LogP contribution < -0.4 is 11.1 Å². The predicted octanol–water partition coefficient (Wildman–Crippen LogP) is 3.82. The summed E-state index contributed by atoms with van der Waals surface area (Å²) in [5.41, 5.74) is 6.33. The van der Waals surface area contributed by atoms with E-state index in [4.69, 9.17) is 28.9 Å². The molecule has 6 nitrogen and oxygen atoms in total. The van der Waals surface area contributed by atoms with Crippen molar-refractivity contribution in [3.8, 4) is 0 Å². The molecule has 1 heterocycles. The fourth-order valence-electron chi connectivity index (χ4n) is 1.34. The van der Waals surface area contributed by atoms with E-state index in [0.717, 1.165) is 0 Å². The molecule has 0 unspecified atom stereocenters. The van der Waals surface area contributed by atoms with E-state index in [1.165, 1.54) is 0 Å². The van der Waals surface area contributed by atoms with Gasteiger partial charge in [0.05, 0.1) is 5.02 Å². The van der Waals surface area contributed by atoms with Crippen molar-refractivity contribution in [1.82, 2.24) is 9.97 Å². The van der Waals surface area contributed by atoms with Gasteiger partial charge < -0.3 is 11.1 Å². The van der Waals surface area contributed by atoms with E-state index >= 15 is 0 Å². The van der Waals surface area contributed by atoms with Gasteiger partial charge in [0, 0.05) is 7.05 Å². The maximum Gasteiger partial charge on any atom is 0.223 e. The Hall–Kier alpha value is -1.92. The van der Waals surface area contributed by atoms with Crippen molar-refractivity contribution in [2.75, 3.05) is 18.1 Å². The summed E-state index contributed by atoms with van der Waals surface area (Å²) >= 11 is 11.9. The van der Waals surface area contributed by atoms with Crippen LogP contribution in [0.1, 0.15) is 0 Å². The monoisotopic (exact) mass is 296 g/mol. The number of rotatable bonds is 3. The van der Waals surface area contributed by atoms with E-state index in [2.05, 4.69) is 25.5 Å². The fourth-order valence-corrected chi connectivity index (χ4v) is 1.73. The zero-order valence-corrected chi connectivity index (χ0v) is 11.4. The van der Waals surface area contributed by atoms with Crippen molar-refractivity contribution in [2.24, 2.45) is 10.2 Å². The SMILES string of the molecule is CNc1nc(N)nc(Cl)c1N=Nc1ccccc1Cl. The summed E-state index contributed by atoms with van der Waals surface area (Å²) in [5.74, 6) is 0.458. The molecule has 0 saturated heterocycles. The Balaban J connectivity index is 2.41. The number of hydrogen-bond donors (Lipinski definition) is 2. The molecule has 1 aromatic heterocycles. The molecule has 0 saturated carbocycles. The largest absolute Gasteiger partial charge is 0.371 e. The standard InChI is InChI=1S/C11H10Cl2N6/c1-15-10-8(9(13)16-11(14)17-10)19-18-7-5-3-2-4-6(7)12/h2-5H,1H3,(H3,14,15,16,17). The second kappa shape index (κ2) is 5.81. The van der Waals surface area contributed by atoms with Gasteiger partial charge in [-0.1, -0.05) is 35.3 Å². The summed E-state index contributed by atoms with van der Waals surface area (Å²) in [4.78, 5) is 7.79. The molecule has 3 N–H and O–H groups in total. The zero-order chi connectivity index (χ0) is 13.8. The number of nitrogens with two attached hydrogens (primary N) is 1. The average molecular weight is 297 g/mol. The number of hydrogen-bond acceptors (Lipinski definition) is 6. The van der Waals surface area contributed by atoms with Crippen molar-refractivity contribution >= 4 is 46.3 Å². The van der Waals surface area contributed by atoms with Gasteiger partial charge in [0.2, 0.25) is 5.95 Å². The topological polar surface area (TPSA) is 88.5 Å². The predicted molar refractivity (Wildman–Crippen MR) is 76.6 cm³/mol. The van der Waals surface area contributed by atoms with Crippen LogP contribution in [0.4, 0.5) is 23.1 Å². The molecule has 0 spiro atoms. The number of azo groups is 1. The third kappa shape index (κ3) is 3.10. The summed E-state index contributed by atoms with van der Waals surface area (Å²) in [5, 5.41) is 11.5. The van der Waals surface area contributed by atoms with Crippen molar-refractivity contribution < 1.29 is 0 Å². The molecule has 1 aromatic carbocycles. The highest BCUT2D eigenvalue weighted by Gasteiger charge is 2.10. The summed E-state index contributed by atoms with van der Waals surface area (Å²) < 4.78 is 0. The first-order valence-corrected chi connectivity index (χ1v) is 6.04. The number of anilines is 2. The van der Waals surface area contributed by atoms with Gasteiger partial charge in [-0.3, -0.25) is 0 Å². The maximum absolute atomic E-state index is 5.98. The van der Waals surface area contributed by atoms with E-state index in [1.54, 1.807) is 31.3 Å². The quantitative estimate of drug-likeness (QED) is 0.665. The molecule has 0 atom stereocenters. The molecule has 0 aliphatic heterocycles. The number of nitrogen functional groups attached to an aromatic ring is 1. The second-order valence-electron chi connectivity index (χ2n) is 3.47. The third-order valence-corrected chi connectivity index (χ3v) is 2.79. The molecule has 8 heteroatoms. The summed E-state index contributed by atoms with van der Waals surface area (Å²) in [6.45, 7) is 0. The number of nitrogens with one attached hydrogen (secondary N) is 1. The van der Waals surface area contributed by atoms with E-state index in [0.29, 0.717) is 22.2 Å². The minimum Gasteiger partial charge on any atom is -0.371 e. The summed E-state index contributed by atoms with van der Waals surface area (Å²) in [6.07, 6.45) is 0. The van der Waals surface area contributed by atoms with E-state index in [1.807, 2.05) is 0 Å². The second-order valence-corrected chi connectivity index (χ2v) is 4.24. The number of aromatic nitrogens is 2. The van der Waals surface area contributed by atoms with E-state index in [-0.39, 0.29) is 11.1 Å². The van der Waals surface area contributed by atoms with Gasteiger partial charge in [-0.2, -0.15) is 9.97 Å². The lowest BCUT2D eigenvalue weighted by Gasteiger charge is -2.05. The molecule has 0 radical (unpaired) electrons. The van der Waals surface area contributed by atoms with Crippen LogP contribution in [0.3, 0.4) is 0 Å². The first-order valence-electron chi connectivity index (χ1n) is 5.29. The van der Waals surface area contributed by atoms with Crippen LogP contribution in [0.15, 0.2) is 34.5 Å². The Morgan fingerprint density at radius 2 is 1.89 bits per heavy atom. The molecule has 0 aliphatic carbocycles. The van der Waals surface area contributed by atoms with Crippen LogP contribution in [0.5, 0.6) is 0 Å².